The minimum Gasteiger partial charge on any atom is -0.252 e. The number of rotatable bonds is 1. The Labute approximate surface area is 61.9 Å². The van der Waals surface area contributed by atoms with Crippen LogP contribution >= 0.6 is 0 Å². The molecule has 0 aliphatic rings. The molecule has 60 valence electrons. The van der Waals surface area contributed by atoms with Crippen LogP contribution in [0.2, 0.25) is 0 Å². The van der Waals surface area contributed by atoms with E-state index in [0.29, 0.717) is 5.56 Å². The van der Waals surface area contributed by atoms with E-state index in [1.807, 2.05) is 0 Å². The van der Waals surface area contributed by atoms with E-state index in [2.05, 4.69) is 4.98 Å². The SMILES string of the molecule is Cc1cnc(C(F)F)c(F)c1. The number of halogens is 3. The van der Waals surface area contributed by atoms with E-state index in [4.69, 9.17) is 0 Å². The highest BCUT2D eigenvalue weighted by Crippen LogP contribution is 2.19. The third-order valence-electron chi connectivity index (χ3n) is 1.21. The third-order valence-corrected chi connectivity index (χ3v) is 1.21. The number of aromatic nitrogens is 1. The highest BCUT2D eigenvalue weighted by Gasteiger charge is 2.13. The van der Waals surface area contributed by atoms with E-state index in [-0.39, 0.29) is 0 Å². The maximum atomic E-state index is 12.6. The molecule has 0 saturated heterocycles. The van der Waals surface area contributed by atoms with Crippen molar-refractivity contribution in [2.45, 2.75) is 13.3 Å². The van der Waals surface area contributed by atoms with E-state index in [9.17, 15) is 13.2 Å². The zero-order chi connectivity index (χ0) is 8.43. The average Bonchev–Trinajstić information content (AvgIpc) is 1.85. The Balaban J connectivity index is 3.09. The zero-order valence-corrected chi connectivity index (χ0v) is 5.81. The lowest BCUT2D eigenvalue weighted by Crippen LogP contribution is -1.95. The molecule has 0 aliphatic heterocycles. The molecule has 0 bridgehead atoms. The summed E-state index contributed by atoms with van der Waals surface area (Å²) in [5.41, 5.74) is -0.248. The van der Waals surface area contributed by atoms with Crippen molar-refractivity contribution in [2.24, 2.45) is 0 Å². The van der Waals surface area contributed by atoms with Gasteiger partial charge in [-0.25, -0.2) is 13.2 Å². The first-order valence-corrected chi connectivity index (χ1v) is 3.01. The van der Waals surface area contributed by atoms with Crippen LogP contribution in [0, 0.1) is 12.7 Å². The van der Waals surface area contributed by atoms with Gasteiger partial charge in [-0.15, -0.1) is 0 Å². The molecule has 4 heteroatoms. The molecular weight excluding hydrogens is 155 g/mol. The van der Waals surface area contributed by atoms with Crippen molar-refractivity contribution >= 4 is 0 Å². The molecule has 0 spiro atoms. The Kier molecular flexibility index (Phi) is 2.12. The number of nitrogens with zero attached hydrogens (tertiary/aromatic N) is 1. The highest BCUT2D eigenvalue weighted by molar-refractivity contribution is 5.15. The van der Waals surface area contributed by atoms with E-state index in [1.165, 1.54) is 6.20 Å². The molecule has 1 heterocycles. The van der Waals surface area contributed by atoms with Gasteiger partial charge in [-0.3, -0.25) is 4.98 Å². The molecule has 0 N–H and O–H groups in total. The second kappa shape index (κ2) is 2.90. The first kappa shape index (κ1) is 8.04. The Morgan fingerprint density at radius 1 is 1.45 bits per heavy atom. The van der Waals surface area contributed by atoms with Crippen LogP contribution in [0.1, 0.15) is 17.7 Å². The van der Waals surface area contributed by atoms with Gasteiger partial charge in [0.25, 0.3) is 6.43 Å². The van der Waals surface area contributed by atoms with Gasteiger partial charge in [0, 0.05) is 6.20 Å². The number of hydrogen-bond acceptors (Lipinski definition) is 1. The second-order valence-electron chi connectivity index (χ2n) is 2.18. The molecule has 0 unspecified atom stereocenters. The summed E-state index contributed by atoms with van der Waals surface area (Å²) in [6.07, 6.45) is -1.62. The lowest BCUT2D eigenvalue weighted by atomic mass is 10.2. The molecule has 0 aliphatic carbocycles. The molecule has 0 aromatic carbocycles. The fraction of sp³-hybridized carbons (Fsp3) is 0.286. The summed E-state index contributed by atoms with van der Waals surface area (Å²) in [7, 11) is 0. The molecule has 1 nitrogen and oxygen atoms in total. The van der Waals surface area contributed by atoms with Crippen LogP contribution < -0.4 is 0 Å². The van der Waals surface area contributed by atoms with Crippen LogP contribution in [-0.4, -0.2) is 4.98 Å². The van der Waals surface area contributed by atoms with Gasteiger partial charge >= 0.3 is 0 Å². The number of alkyl halides is 2. The van der Waals surface area contributed by atoms with Crippen molar-refractivity contribution in [3.63, 3.8) is 0 Å². The normalized spacial score (nSPS) is 10.6. The Bertz CT molecular complexity index is 260. The molecule has 1 aromatic rings. The molecule has 11 heavy (non-hydrogen) atoms. The molecule has 0 radical (unpaired) electrons. The van der Waals surface area contributed by atoms with Crippen molar-refractivity contribution in [1.82, 2.24) is 4.98 Å². The smallest absolute Gasteiger partial charge is 0.252 e. The van der Waals surface area contributed by atoms with Gasteiger partial charge in [0.15, 0.2) is 5.82 Å². The standard InChI is InChI=1S/C7H6F3N/c1-4-2-5(8)6(7(9)10)11-3-4/h2-3,7H,1H3. The second-order valence-corrected chi connectivity index (χ2v) is 2.18. The fourth-order valence-electron chi connectivity index (χ4n) is 0.705. The quantitative estimate of drug-likeness (QED) is 0.616. The van der Waals surface area contributed by atoms with Crippen molar-refractivity contribution < 1.29 is 13.2 Å². The Hall–Kier alpha value is -1.06. The summed E-state index contributed by atoms with van der Waals surface area (Å²) in [6, 6.07) is 1.04. The molecule has 0 saturated carbocycles. The van der Waals surface area contributed by atoms with Crippen molar-refractivity contribution in [3.05, 3.63) is 29.3 Å². The first-order chi connectivity index (χ1) is 5.11. The van der Waals surface area contributed by atoms with Gasteiger partial charge in [0.1, 0.15) is 5.69 Å². The van der Waals surface area contributed by atoms with Gasteiger partial charge in [-0.05, 0) is 18.6 Å². The van der Waals surface area contributed by atoms with Crippen LogP contribution in [0.4, 0.5) is 13.2 Å². The predicted molar refractivity (Wildman–Crippen MR) is 33.9 cm³/mol. The van der Waals surface area contributed by atoms with Crippen LogP contribution in [0.15, 0.2) is 12.3 Å². The fourth-order valence-corrected chi connectivity index (χ4v) is 0.705. The van der Waals surface area contributed by atoms with Crippen molar-refractivity contribution in [3.8, 4) is 0 Å². The van der Waals surface area contributed by atoms with Gasteiger partial charge in [-0.2, -0.15) is 0 Å². The summed E-state index contributed by atoms with van der Waals surface area (Å²) in [5, 5.41) is 0. The van der Waals surface area contributed by atoms with Gasteiger partial charge < -0.3 is 0 Å². The number of aryl methyl sites for hydroxylation is 1. The minimum atomic E-state index is -2.84. The van der Waals surface area contributed by atoms with Crippen LogP contribution in [0.5, 0.6) is 0 Å². The topological polar surface area (TPSA) is 12.9 Å². The number of hydrogen-bond donors (Lipinski definition) is 0. The first-order valence-electron chi connectivity index (χ1n) is 3.01. The summed E-state index contributed by atoms with van der Waals surface area (Å²) in [5.74, 6) is -0.944. The Morgan fingerprint density at radius 2 is 2.09 bits per heavy atom. The largest absolute Gasteiger partial charge is 0.283 e. The highest BCUT2D eigenvalue weighted by atomic mass is 19.3. The maximum Gasteiger partial charge on any atom is 0.283 e. The van der Waals surface area contributed by atoms with E-state index in [1.54, 1.807) is 6.92 Å². The Morgan fingerprint density at radius 3 is 2.55 bits per heavy atom. The van der Waals surface area contributed by atoms with Crippen molar-refractivity contribution in [2.75, 3.05) is 0 Å². The molecule has 1 rings (SSSR count). The zero-order valence-electron chi connectivity index (χ0n) is 5.81. The summed E-state index contributed by atoms with van der Waals surface area (Å²) in [6.45, 7) is 1.59. The van der Waals surface area contributed by atoms with E-state index >= 15 is 0 Å². The lowest BCUT2D eigenvalue weighted by Gasteiger charge is -1.99. The lowest BCUT2D eigenvalue weighted by molar-refractivity contribution is 0.140. The minimum absolute atomic E-state index is 0.534. The number of pyridine rings is 1. The summed E-state index contributed by atoms with van der Waals surface area (Å²) >= 11 is 0. The molecule has 1 aromatic heterocycles. The van der Waals surface area contributed by atoms with Crippen LogP contribution in [0.25, 0.3) is 0 Å². The maximum absolute atomic E-state index is 12.6. The van der Waals surface area contributed by atoms with Crippen molar-refractivity contribution in [1.29, 1.82) is 0 Å². The summed E-state index contributed by atoms with van der Waals surface area (Å²) in [4.78, 5) is 3.25. The van der Waals surface area contributed by atoms with E-state index < -0.39 is 17.9 Å². The monoisotopic (exact) mass is 161 g/mol. The van der Waals surface area contributed by atoms with Gasteiger partial charge in [0.05, 0.1) is 0 Å². The molecule has 0 fully saturated rings. The van der Waals surface area contributed by atoms with E-state index in [0.717, 1.165) is 6.07 Å². The van der Waals surface area contributed by atoms with Crippen LogP contribution in [-0.2, 0) is 0 Å². The third kappa shape index (κ3) is 1.69. The molecule has 0 atom stereocenters. The predicted octanol–water partition coefficient (Wildman–Crippen LogP) is 2.47. The average molecular weight is 161 g/mol. The molecule has 0 amide bonds. The van der Waals surface area contributed by atoms with Gasteiger partial charge in [-0.1, -0.05) is 0 Å². The summed E-state index contributed by atoms with van der Waals surface area (Å²) < 4.78 is 36.3. The molecular formula is C7H6F3N. The van der Waals surface area contributed by atoms with Crippen LogP contribution in [0.3, 0.4) is 0 Å². The van der Waals surface area contributed by atoms with Gasteiger partial charge in [0.2, 0.25) is 0 Å².